The lowest BCUT2D eigenvalue weighted by atomic mass is 10.2. The fourth-order valence-electron chi connectivity index (χ4n) is 1.65. The third kappa shape index (κ3) is 3.76. The smallest absolute Gasteiger partial charge is 0.119 e. The molecule has 4 heteroatoms. The van der Waals surface area contributed by atoms with Gasteiger partial charge in [0.15, 0.2) is 0 Å². The van der Waals surface area contributed by atoms with E-state index in [0.717, 1.165) is 11.4 Å². The number of hydrogen-bond donors (Lipinski definition) is 1. The maximum atomic E-state index is 8.70. The second-order valence-corrected chi connectivity index (χ2v) is 4.10. The lowest BCUT2D eigenvalue weighted by Gasteiger charge is -2.08. The number of hydrogen-bond acceptors (Lipinski definition) is 4. The quantitative estimate of drug-likeness (QED) is 0.842. The summed E-state index contributed by atoms with van der Waals surface area (Å²) in [7, 11) is 0. The molecule has 0 spiro atoms. The Kier molecular flexibility index (Phi) is 4.59. The Morgan fingerprint density at radius 1 is 0.850 bits per heavy atom. The Bertz CT molecular complexity index is 574. The third-order valence-corrected chi connectivity index (χ3v) is 2.70. The predicted molar refractivity (Wildman–Crippen MR) is 76.3 cm³/mol. The first-order valence-corrected chi connectivity index (χ1v) is 6.19. The topological polar surface area (TPSA) is 68.8 Å². The predicted octanol–water partition coefficient (Wildman–Crippen LogP) is 2.92. The van der Waals surface area contributed by atoms with Gasteiger partial charge in [0.2, 0.25) is 0 Å². The number of benzene rings is 2. The van der Waals surface area contributed by atoms with Crippen molar-refractivity contribution in [3.63, 3.8) is 0 Å². The van der Waals surface area contributed by atoms with Crippen LogP contribution >= 0.6 is 0 Å². The molecule has 0 saturated heterocycles. The van der Waals surface area contributed by atoms with E-state index in [0.29, 0.717) is 24.3 Å². The highest BCUT2D eigenvalue weighted by molar-refractivity contribution is 5.47. The van der Waals surface area contributed by atoms with Crippen molar-refractivity contribution in [2.45, 2.75) is 0 Å². The van der Waals surface area contributed by atoms with Crippen molar-refractivity contribution >= 4 is 5.69 Å². The van der Waals surface area contributed by atoms with Gasteiger partial charge in [-0.25, -0.2) is 0 Å². The van der Waals surface area contributed by atoms with Crippen LogP contribution < -0.4 is 10.1 Å². The van der Waals surface area contributed by atoms with Crippen LogP contribution in [0.5, 0.6) is 5.75 Å². The molecule has 2 rings (SSSR count). The third-order valence-electron chi connectivity index (χ3n) is 2.70. The molecule has 1 N–H and O–H groups in total. The molecule has 4 nitrogen and oxygen atoms in total. The molecule has 0 atom stereocenters. The van der Waals surface area contributed by atoms with Gasteiger partial charge in [-0.15, -0.1) is 0 Å². The van der Waals surface area contributed by atoms with Gasteiger partial charge in [-0.05, 0) is 48.5 Å². The Balaban J connectivity index is 1.75. The van der Waals surface area contributed by atoms with E-state index in [4.69, 9.17) is 15.3 Å². The second kappa shape index (κ2) is 6.82. The van der Waals surface area contributed by atoms with Gasteiger partial charge in [-0.1, -0.05) is 0 Å². The minimum Gasteiger partial charge on any atom is -0.492 e. The summed E-state index contributed by atoms with van der Waals surface area (Å²) in [6.07, 6.45) is 0. The molecule has 0 aliphatic rings. The Hall–Kier alpha value is -2.98. The van der Waals surface area contributed by atoms with Crippen LogP contribution in [0.15, 0.2) is 48.5 Å². The maximum Gasteiger partial charge on any atom is 0.119 e. The van der Waals surface area contributed by atoms with E-state index in [1.165, 1.54) is 0 Å². The fraction of sp³-hybridized carbons (Fsp3) is 0.125. The molecule has 2 aromatic rings. The maximum absolute atomic E-state index is 8.70. The SMILES string of the molecule is N#Cc1ccc(NCCOc2ccc(C#N)cc2)cc1. The average Bonchev–Trinajstić information content (AvgIpc) is 2.53. The normalized spacial score (nSPS) is 9.30. The van der Waals surface area contributed by atoms with E-state index >= 15 is 0 Å². The highest BCUT2D eigenvalue weighted by Gasteiger charge is 1.96. The first-order valence-electron chi connectivity index (χ1n) is 6.19. The summed E-state index contributed by atoms with van der Waals surface area (Å²) in [4.78, 5) is 0. The van der Waals surface area contributed by atoms with Crippen molar-refractivity contribution in [2.75, 3.05) is 18.5 Å². The molecule has 0 aliphatic heterocycles. The number of nitrogens with one attached hydrogen (secondary N) is 1. The number of nitriles is 2. The number of rotatable bonds is 5. The minimum absolute atomic E-state index is 0.520. The molecule has 0 aliphatic carbocycles. The van der Waals surface area contributed by atoms with Gasteiger partial charge in [0, 0.05) is 12.2 Å². The Labute approximate surface area is 117 Å². The van der Waals surface area contributed by atoms with E-state index in [1.807, 2.05) is 12.1 Å². The van der Waals surface area contributed by atoms with E-state index in [-0.39, 0.29) is 0 Å². The highest BCUT2D eigenvalue weighted by atomic mass is 16.5. The van der Waals surface area contributed by atoms with Crippen molar-refractivity contribution < 1.29 is 4.74 Å². The summed E-state index contributed by atoms with van der Waals surface area (Å²) >= 11 is 0. The molecule has 0 heterocycles. The zero-order valence-electron chi connectivity index (χ0n) is 10.8. The molecule has 0 fully saturated rings. The molecule has 98 valence electrons. The van der Waals surface area contributed by atoms with E-state index in [9.17, 15) is 0 Å². The molecule has 0 bridgehead atoms. The van der Waals surface area contributed by atoms with Crippen LogP contribution in [-0.2, 0) is 0 Å². The minimum atomic E-state index is 0.520. The summed E-state index contributed by atoms with van der Waals surface area (Å²) in [5.74, 6) is 0.741. The monoisotopic (exact) mass is 263 g/mol. The molecule has 0 saturated carbocycles. The molecule has 0 aromatic heterocycles. The van der Waals surface area contributed by atoms with Crippen molar-refractivity contribution in [3.05, 3.63) is 59.7 Å². The molecule has 0 radical (unpaired) electrons. The van der Waals surface area contributed by atoms with Gasteiger partial charge >= 0.3 is 0 Å². The van der Waals surface area contributed by atoms with E-state index in [1.54, 1.807) is 36.4 Å². The number of anilines is 1. The summed E-state index contributed by atoms with van der Waals surface area (Å²) < 4.78 is 5.55. The van der Waals surface area contributed by atoms with Gasteiger partial charge in [0.1, 0.15) is 12.4 Å². The standard InChI is InChI=1S/C16H13N3O/c17-11-13-1-5-15(6-2-13)19-9-10-20-16-7-3-14(12-18)4-8-16/h1-8,19H,9-10H2. The summed E-state index contributed by atoms with van der Waals surface area (Å²) in [5.41, 5.74) is 2.21. The lowest BCUT2D eigenvalue weighted by molar-refractivity contribution is 0.333. The largest absolute Gasteiger partial charge is 0.492 e. The summed E-state index contributed by atoms with van der Waals surface area (Å²) in [6.45, 7) is 1.18. The van der Waals surface area contributed by atoms with Gasteiger partial charge in [0.05, 0.1) is 23.3 Å². The summed E-state index contributed by atoms with van der Waals surface area (Å²) in [6, 6.07) is 18.4. The van der Waals surface area contributed by atoms with E-state index < -0.39 is 0 Å². The molecule has 0 unspecified atom stereocenters. The Morgan fingerprint density at radius 3 is 1.95 bits per heavy atom. The van der Waals surface area contributed by atoms with Crippen LogP contribution in [0.25, 0.3) is 0 Å². The molecule has 2 aromatic carbocycles. The lowest BCUT2D eigenvalue weighted by Crippen LogP contribution is -2.11. The van der Waals surface area contributed by atoms with Crippen molar-refractivity contribution in [3.8, 4) is 17.9 Å². The van der Waals surface area contributed by atoms with Crippen LogP contribution in [0.4, 0.5) is 5.69 Å². The molecule has 0 amide bonds. The van der Waals surface area contributed by atoms with Gasteiger partial charge in [0.25, 0.3) is 0 Å². The van der Waals surface area contributed by atoms with Crippen LogP contribution in [0.3, 0.4) is 0 Å². The summed E-state index contributed by atoms with van der Waals surface area (Å²) in [5, 5.41) is 20.6. The number of nitrogens with zero attached hydrogens (tertiary/aromatic N) is 2. The van der Waals surface area contributed by atoms with Crippen LogP contribution in [0.2, 0.25) is 0 Å². The van der Waals surface area contributed by atoms with Crippen molar-refractivity contribution in [1.29, 1.82) is 10.5 Å². The van der Waals surface area contributed by atoms with Crippen LogP contribution in [0.1, 0.15) is 11.1 Å². The first-order chi connectivity index (χ1) is 9.81. The van der Waals surface area contributed by atoms with Gasteiger partial charge in [-0.3, -0.25) is 0 Å². The van der Waals surface area contributed by atoms with Crippen LogP contribution in [-0.4, -0.2) is 13.2 Å². The number of ether oxygens (including phenoxy) is 1. The highest BCUT2D eigenvalue weighted by Crippen LogP contribution is 2.12. The van der Waals surface area contributed by atoms with Gasteiger partial charge in [-0.2, -0.15) is 10.5 Å². The van der Waals surface area contributed by atoms with E-state index in [2.05, 4.69) is 17.5 Å². The van der Waals surface area contributed by atoms with Gasteiger partial charge < -0.3 is 10.1 Å². The fourth-order valence-corrected chi connectivity index (χ4v) is 1.65. The molecular weight excluding hydrogens is 250 g/mol. The first kappa shape index (κ1) is 13.5. The van der Waals surface area contributed by atoms with Crippen molar-refractivity contribution in [2.24, 2.45) is 0 Å². The Morgan fingerprint density at radius 2 is 1.40 bits per heavy atom. The van der Waals surface area contributed by atoms with Crippen molar-refractivity contribution in [1.82, 2.24) is 0 Å². The second-order valence-electron chi connectivity index (χ2n) is 4.10. The zero-order valence-corrected chi connectivity index (χ0v) is 10.8. The zero-order chi connectivity index (χ0) is 14.2. The average molecular weight is 263 g/mol. The van der Waals surface area contributed by atoms with Crippen LogP contribution in [0, 0.1) is 22.7 Å². The molecule has 20 heavy (non-hydrogen) atoms. The molecular formula is C16H13N3O.